The molecule has 0 bridgehead atoms. The molecule has 4 heteroatoms. The van der Waals surface area contributed by atoms with Gasteiger partial charge in [-0.05, 0) is 6.42 Å². The van der Waals surface area contributed by atoms with Crippen molar-refractivity contribution in [1.29, 1.82) is 0 Å². The van der Waals surface area contributed by atoms with E-state index < -0.39 is 12.1 Å². The van der Waals surface area contributed by atoms with Gasteiger partial charge in [0, 0.05) is 0 Å². The van der Waals surface area contributed by atoms with Crippen molar-refractivity contribution in [3.8, 4) is 0 Å². The Hall–Kier alpha value is 1.00. The van der Waals surface area contributed by atoms with Crippen LogP contribution in [-0.2, 0) is 4.79 Å². The molecule has 0 aliphatic carbocycles. The molecular formula is C6H14BaO3. The van der Waals surface area contributed by atoms with Crippen molar-refractivity contribution in [2.75, 3.05) is 0 Å². The number of carbonyl (C=O) groups is 1. The SMILES string of the molecule is CCCCC(O)C(=O)O.[BaH2]. The molecule has 10 heavy (non-hydrogen) atoms. The van der Waals surface area contributed by atoms with Crippen molar-refractivity contribution in [1.82, 2.24) is 0 Å². The van der Waals surface area contributed by atoms with E-state index in [1.807, 2.05) is 6.92 Å². The summed E-state index contributed by atoms with van der Waals surface area (Å²) in [5, 5.41) is 16.8. The van der Waals surface area contributed by atoms with Crippen molar-refractivity contribution in [3.05, 3.63) is 0 Å². The van der Waals surface area contributed by atoms with Crippen LogP contribution in [0.4, 0.5) is 0 Å². The van der Waals surface area contributed by atoms with Crippen molar-refractivity contribution >= 4 is 54.9 Å². The van der Waals surface area contributed by atoms with Crippen molar-refractivity contribution in [2.24, 2.45) is 0 Å². The fourth-order valence-corrected chi connectivity index (χ4v) is 0.521. The van der Waals surface area contributed by atoms with Gasteiger partial charge in [-0.1, -0.05) is 19.8 Å². The molecule has 0 saturated heterocycles. The number of aliphatic hydroxyl groups is 1. The molecule has 58 valence electrons. The standard InChI is InChI=1S/C6H12O3.Ba.2H/c1-2-3-4-5(7)6(8)9;;;/h5,7H,2-4H2,1H3,(H,8,9);;;. The van der Waals surface area contributed by atoms with E-state index in [0.29, 0.717) is 6.42 Å². The van der Waals surface area contributed by atoms with Gasteiger partial charge in [0.1, 0.15) is 0 Å². The number of aliphatic hydroxyl groups excluding tert-OH is 1. The zero-order valence-electron chi connectivity index (χ0n) is 5.50. The summed E-state index contributed by atoms with van der Waals surface area (Å²) in [6.45, 7) is 1.95. The van der Waals surface area contributed by atoms with Crippen LogP contribution in [0.5, 0.6) is 0 Å². The molecule has 0 aromatic heterocycles. The molecule has 0 fully saturated rings. The quantitative estimate of drug-likeness (QED) is 0.691. The Morgan fingerprint density at radius 1 is 1.60 bits per heavy atom. The van der Waals surface area contributed by atoms with E-state index in [0.717, 1.165) is 12.8 Å². The summed E-state index contributed by atoms with van der Waals surface area (Å²) < 4.78 is 0. The van der Waals surface area contributed by atoms with Gasteiger partial charge in [-0.15, -0.1) is 0 Å². The summed E-state index contributed by atoms with van der Waals surface area (Å²) in [6, 6.07) is 0. The number of unbranched alkanes of at least 4 members (excludes halogenated alkanes) is 1. The van der Waals surface area contributed by atoms with Gasteiger partial charge in [-0.2, -0.15) is 0 Å². The molecule has 0 amide bonds. The molecule has 0 saturated carbocycles. The first-order valence-electron chi connectivity index (χ1n) is 3.09. The van der Waals surface area contributed by atoms with Crippen LogP contribution in [0.25, 0.3) is 0 Å². The summed E-state index contributed by atoms with van der Waals surface area (Å²) in [4.78, 5) is 9.96. The van der Waals surface area contributed by atoms with E-state index in [4.69, 9.17) is 10.2 Å². The molecule has 0 aliphatic heterocycles. The van der Waals surface area contributed by atoms with Gasteiger partial charge >= 0.3 is 54.9 Å². The van der Waals surface area contributed by atoms with Gasteiger partial charge in [0.05, 0.1) is 0 Å². The Morgan fingerprint density at radius 3 is 2.40 bits per heavy atom. The average molecular weight is 272 g/mol. The maximum atomic E-state index is 9.96. The second-order valence-corrected chi connectivity index (χ2v) is 2.00. The van der Waals surface area contributed by atoms with E-state index in [1.165, 1.54) is 0 Å². The molecule has 2 N–H and O–H groups in total. The molecule has 1 atom stereocenters. The molecule has 0 aliphatic rings. The van der Waals surface area contributed by atoms with Crippen LogP contribution in [0.2, 0.25) is 0 Å². The van der Waals surface area contributed by atoms with Crippen LogP contribution < -0.4 is 0 Å². The van der Waals surface area contributed by atoms with E-state index in [1.54, 1.807) is 0 Å². The third-order valence-electron chi connectivity index (χ3n) is 1.12. The minimum atomic E-state index is -1.16. The molecule has 0 aromatic carbocycles. The number of hydrogen-bond donors (Lipinski definition) is 2. The molecule has 0 aromatic rings. The first-order chi connectivity index (χ1) is 4.18. The van der Waals surface area contributed by atoms with Gasteiger partial charge in [0.25, 0.3) is 0 Å². The molecule has 0 rings (SSSR count). The first kappa shape index (κ1) is 13.6. The van der Waals surface area contributed by atoms with Crippen LogP contribution in [-0.4, -0.2) is 71.2 Å². The Morgan fingerprint density at radius 2 is 2.10 bits per heavy atom. The fraction of sp³-hybridized carbons (Fsp3) is 0.833. The third-order valence-corrected chi connectivity index (χ3v) is 1.12. The Balaban J connectivity index is 0. The Labute approximate surface area is 101 Å². The average Bonchev–Trinajstić information content (AvgIpc) is 1.82. The van der Waals surface area contributed by atoms with Crippen LogP contribution in [0.1, 0.15) is 26.2 Å². The normalized spacial score (nSPS) is 11.8. The number of aliphatic carboxylic acids is 1. The summed E-state index contributed by atoms with van der Waals surface area (Å²) in [7, 11) is 0. The summed E-state index contributed by atoms with van der Waals surface area (Å²) in [5.41, 5.74) is 0. The van der Waals surface area contributed by atoms with Crippen molar-refractivity contribution in [2.45, 2.75) is 32.3 Å². The zero-order chi connectivity index (χ0) is 7.28. The van der Waals surface area contributed by atoms with Gasteiger partial charge in [-0.25, -0.2) is 4.79 Å². The van der Waals surface area contributed by atoms with Gasteiger partial charge in [0.15, 0.2) is 6.10 Å². The summed E-state index contributed by atoms with van der Waals surface area (Å²) >= 11 is 0. The minimum absolute atomic E-state index is 0. The van der Waals surface area contributed by atoms with E-state index in [2.05, 4.69) is 0 Å². The molecule has 0 radical (unpaired) electrons. The van der Waals surface area contributed by atoms with Crippen LogP contribution in [0.15, 0.2) is 0 Å². The van der Waals surface area contributed by atoms with E-state index in [-0.39, 0.29) is 48.9 Å². The maximum absolute atomic E-state index is 9.96. The number of rotatable bonds is 4. The van der Waals surface area contributed by atoms with Crippen molar-refractivity contribution < 1.29 is 15.0 Å². The monoisotopic (exact) mass is 272 g/mol. The molecule has 3 nitrogen and oxygen atoms in total. The zero-order valence-corrected chi connectivity index (χ0v) is 5.50. The third kappa shape index (κ3) is 7.11. The van der Waals surface area contributed by atoms with Crippen LogP contribution in [0, 0.1) is 0 Å². The number of carboxylic acids is 1. The molecule has 0 spiro atoms. The Kier molecular flexibility index (Phi) is 11.0. The summed E-state index contributed by atoms with van der Waals surface area (Å²) in [5.74, 6) is -1.12. The number of carboxylic acid groups (broad SMARTS) is 1. The van der Waals surface area contributed by atoms with Gasteiger partial charge in [0.2, 0.25) is 0 Å². The van der Waals surface area contributed by atoms with Gasteiger partial charge in [-0.3, -0.25) is 0 Å². The van der Waals surface area contributed by atoms with E-state index in [9.17, 15) is 4.79 Å². The fourth-order valence-electron chi connectivity index (χ4n) is 0.521. The first-order valence-corrected chi connectivity index (χ1v) is 3.09. The number of hydrogen-bond acceptors (Lipinski definition) is 2. The second kappa shape index (κ2) is 8.10. The van der Waals surface area contributed by atoms with Crippen LogP contribution >= 0.6 is 0 Å². The van der Waals surface area contributed by atoms with E-state index >= 15 is 0 Å². The Bertz CT molecular complexity index is 95.0. The second-order valence-electron chi connectivity index (χ2n) is 2.00. The topological polar surface area (TPSA) is 57.5 Å². The summed E-state index contributed by atoms with van der Waals surface area (Å²) in [6.07, 6.45) is 0.897. The molecular weight excluding hydrogens is 257 g/mol. The predicted molar refractivity (Wildman–Crippen MR) is 41.7 cm³/mol. The van der Waals surface area contributed by atoms with Crippen molar-refractivity contribution in [3.63, 3.8) is 0 Å². The van der Waals surface area contributed by atoms with Crippen LogP contribution in [0.3, 0.4) is 0 Å². The predicted octanol–water partition coefficient (Wildman–Crippen LogP) is -0.294. The molecule has 1 unspecified atom stereocenters. The van der Waals surface area contributed by atoms with Gasteiger partial charge < -0.3 is 10.2 Å². The molecule has 0 heterocycles.